The summed E-state index contributed by atoms with van der Waals surface area (Å²) in [6, 6.07) is 5.93. The molecule has 17 heavy (non-hydrogen) atoms. The molecule has 0 bridgehead atoms. The van der Waals surface area contributed by atoms with Gasteiger partial charge in [-0.3, -0.25) is 0 Å². The monoisotopic (exact) mass is 359 g/mol. The van der Waals surface area contributed by atoms with Crippen molar-refractivity contribution in [2.75, 3.05) is 7.05 Å². The highest BCUT2D eigenvalue weighted by molar-refractivity contribution is 9.11. The summed E-state index contributed by atoms with van der Waals surface area (Å²) < 4.78 is 3.59. The molecule has 2 aromatic rings. The maximum Gasteiger partial charge on any atom is 0.173 e. The minimum Gasteiger partial charge on any atom is -0.311 e. The summed E-state index contributed by atoms with van der Waals surface area (Å²) in [5.74, 6) is 0.764. The third-order valence-corrected chi connectivity index (χ3v) is 3.74. The van der Waals surface area contributed by atoms with Gasteiger partial charge in [-0.05, 0) is 68.4 Å². The second kappa shape index (κ2) is 5.24. The number of halogens is 2. The lowest BCUT2D eigenvalue weighted by Crippen LogP contribution is -2.18. The molecular formula is C10H11Br2N5. The van der Waals surface area contributed by atoms with Crippen molar-refractivity contribution in [3.05, 3.63) is 33.0 Å². The van der Waals surface area contributed by atoms with Crippen LogP contribution in [0.4, 0.5) is 0 Å². The van der Waals surface area contributed by atoms with Gasteiger partial charge in [-0.1, -0.05) is 6.07 Å². The Labute approximate surface area is 116 Å². The van der Waals surface area contributed by atoms with E-state index in [2.05, 4.69) is 52.7 Å². The molecule has 0 saturated heterocycles. The van der Waals surface area contributed by atoms with Crippen LogP contribution in [0.5, 0.6) is 0 Å². The zero-order chi connectivity index (χ0) is 12.4. The Bertz CT molecular complexity index is 505. The Morgan fingerprint density at radius 3 is 2.53 bits per heavy atom. The molecule has 1 aromatic carbocycles. The smallest absolute Gasteiger partial charge is 0.173 e. The molecule has 1 unspecified atom stereocenters. The molecule has 0 fully saturated rings. The van der Waals surface area contributed by atoms with Gasteiger partial charge in [0.05, 0.1) is 11.7 Å². The lowest BCUT2D eigenvalue weighted by molar-refractivity contribution is 0.588. The van der Waals surface area contributed by atoms with Crippen LogP contribution in [0.25, 0.3) is 5.69 Å². The van der Waals surface area contributed by atoms with Crippen LogP contribution in [0, 0.1) is 0 Å². The molecule has 0 aliphatic carbocycles. The van der Waals surface area contributed by atoms with Crippen LogP contribution in [0.15, 0.2) is 27.1 Å². The number of para-hydroxylation sites is 1. The van der Waals surface area contributed by atoms with Crippen molar-refractivity contribution in [1.29, 1.82) is 0 Å². The Morgan fingerprint density at radius 1 is 1.29 bits per heavy atom. The Kier molecular flexibility index (Phi) is 3.90. The molecule has 0 saturated carbocycles. The molecule has 2 rings (SSSR count). The number of rotatable bonds is 3. The first-order valence-corrected chi connectivity index (χ1v) is 6.63. The van der Waals surface area contributed by atoms with Gasteiger partial charge < -0.3 is 5.32 Å². The maximum atomic E-state index is 4.04. The molecule has 7 heteroatoms. The molecule has 1 N–H and O–H groups in total. The highest BCUT2D eigenvalue weighted by atomic mass is 79.9. The summed E-state index contributed by atoms with van der Waals surface area (Å²) in [7, 11) is 1.87. The van der Waals surface area contributed by atoms with Crippen LogP contribution in [0.2, 0.25) is 0 Å². The largest absolute Gasteiger partial charge is 0.311 e. The second-order valence-corrected chi connectivity index (χ2v) is 5.24. The van der Waals surface area contributed by atoms with Gasteiger partial charge in [-0.15, -0.1) is 5.10 Å². The average Bonchev–Trinajstić information content (AvgIpc) is 2.77. The van der Waals surface area contributed by atoms with Gasteiger partial charge in [0.1, 0.15) is 0 Å². The van der Waals surface area contributed by atoms with Crippen molar-refractivity contribution in [1.82, 2.24) is 25.5 Å². The van der Waals surface area contributed by atoms with Crippen molar-refractivity contribution in [3.63, 3.8) is 0 Å². The fourth-order valence-electron chi connectivity index (χ4n) is 1.44. The molecule has 0 amide bonds. The van der Waals surface area contributed by atoms with E-state index in [-0.39, 0.29) is 6.04 Å². The highest BCUT2D eigenvalue weighted by Crippen LogP contribution is 2.29. The van der Waals surface area contributed by atoms with Crippen LogP contribution in [-0.4, -0.2) is 27.3 Å². The first-order valence-electron chi connectivity index (χ1n) is 5.05. The summed E-state index contributed by atoms with van der Waals surface area (Å²) in [6.07, 6.45) is 0. The van der Waals surface area contributed by atoms with Crippen LogP contribution >= 0.6 is 31.9 Å². The topological polar surface area (TPSA) is 55.6 Å². The summed E-state index contributed by atoms with van der Waals surface area (Å²) in [6.45, 7) is 2.01. The minimum absolute atomic E-state index is 0.0732. The van der Waals surface area contributed by atoms with Crippen molar-refractivity contribution in [2.45, 2.75) is 13.0 Å². The predicted octanol–water partition coefficient (Wildman–Crippen LogP) is 2.47. The van der Waals surface area contributed by atoms with E-state index in [1.807, 2.05) is 32.2 Å². The van der Waals surface area contributed by atoms with Gasteiger partial charge in [0.15, 0.2) is 5.82 Å². The Balaban J connectivity index is 2.58. The highest BCUT2D eigenvalue weighted by Gasteiger charge is 2.17. The lowest BCUT2D eigenvalue weighted by Gasteiger charge is -2.12. The minimum atomic E-state index is 0.0732. The second-order valence-electron chi connectivity index (χ2n) is 3.53. The van der Waals surface area contributed by atoms with E-state index in [0.717, 1.165) is 20.5 Å². The standard InChI is InChI=1S/C10H11Br2N5/c1-6(13-2)10-14-15-16-17(10)9-7(11)4-3-5-8(9)12/h3-6,13H,1-2H3. The Hall–Kier alpha value is -0.790. The van der Waals surface area contributed by atoms with Crippen LogP contribution < -0.4 is 5.32 Å². The summed E-state index contributed by atoms with van der Waals surface area (Å²) in [4.78, 5) is 0. The predicted molar refractivity (Wildman–Crippen MR) is 72.0 cm³/mol. The van der Waals surface area contributed by atoms with E-state index in [1.165, 1.54) is 0 Å². The van der Waals surface area contributed by atoms with E-state index in [9.17, 15) is 0 Å². The van der Waals surface area contributed by atoms with Crippen LogP contribution in [0.1, 0.15) is 18.8 Å². The molecule has 0 spiro atoms. The summed E-state index contributed by atoms with van der Waals surface area (Å²) in [5.41, 5.74) is 0.898. The van der Waals surface area contributed by atoms with E-state index >= 15 is 0 Å². The molecule has 90 valence electrons. The fraction of sp³-hybridized carbons (Fsp3) is 0.300. The first kappa shape index (κ1) is 12.7. The molecule has 1 atom stereocenters. The van der Waals surface area contributed by atoms with Crippen molar-refractivity contribution in [3.8, 4) is 5.69 Å². The van der Waals surface area contributed by atoms with Gasteiger partial charge in [0.25, 0.3) is 0 Å². The molecule has 0 aliphatic rings. The third-order valence-electron chi connectivity index (χ3n) is 2.46. The molecule has 1 heterocycles. The van der Waals surface area contributed by atoms with Crippen LogP contribution in [0.3, 0.4) is 0 Å². The van der Waals surface area contributed by atoms with E-state index in [0.29, 0.717) is 0 Å². The number of nitrogens with zero attached hydrogens (tertiary/aromatic N) is 4. The SMILES string of the molecule is CNC(C)c1nnnn1-c1c(Br)cccc1Br. The molecule has 0 radical (unpaired) electrons. The number of benzene rings is 1. The molecular weight excluding hydrogens is 350 g/mol. The first-order chi connectivity index (χ1) is 8.15. The molecule has 5 nitrogen and oxygen atoms in total. The van der Waals surface area contributed by atoms with E-state index in [4.69, 9.17) is 0 Å². The van der Waals surface area contributed by atoms with Crippen molar-refractivity contribution in [2.24, 2.45) is 0 Å². The number of hydrogen-bond donors (Lipinski definition) is 1. The number of hydrogen-bond acceptors (Lipinski definition) is 4. The Morgan fingerprint density at radius 2 is 1.94 bits per heavy atom. The fourth-order valence-corrected chi connectivity index (χ4v) is 2.78. The van der Waals surface area contributed by atoms with Crippen molar-refractivity contribution >= 4 is 31.9 Å². The summed E-state index contributed by atoms with van der Waals surface area (Å²) >= 11 is 7.01. The number of tetrazole rings is 1. The van der Waals surface area contributed by atoms with Gasteiger partial charge >= 0.3 is 0 Å². The zero-order valence-electron chi connectivity index (χ0n) is 9.35. The zero-order valence-corrected chi connectivity index (χ0v) is 12.5. The molecule has 0 aliphatic heterocycles. The van der Waals surface area contributed by atoms with Crippen molar-refractivity contribution < 1.29 is 0 Å². The average molecular weight is 361 g/mol. The number of aromatic nitrogens is 4. The quantitative estimate of drug-likeness (QED) is 0.913. The summed E-state index contributed by atoms with van der Waals surface area (Å²) in [5, 5.41) is 14.9. The lowest BCUT2D eigenvalue weighted by atomic mass is 10.3. The van der Waals surface area contributed by atoms with E-state index < -0.39 is 0 Å². The van der Waals surface area contributed by atoms with Gasteiger partial charge in [0.2, 0.25) is 0 Å². The van der Waals surface area contributed by atoms with E-state index in [1.54, 1.807) is 4.68 Å². The van der Waals surface area contributed by atoms with Crippen LogP contribution in [-0.2, 0) is 0 Å². The van der Waals surface area contributed by atoms with Gasteiger partial charge in [-0.2, -0.15) is 4.68 Å². The maximum absolute atomic E-state index is 4.04. The van der Waals surface area contributed by atoms with Gasteiger partial charge in [-0.25, -0.2) is 0 Å². The third kappa shape index (κ3) is 2.41. The number of nitrogens with one attached hydrogen (secondary N) is 1. The molecule has 1 aromatic heterocycles. The normalized spacial score (nSPS) is 12.7. The van der Waals surface area contributed by atoms with Gasteiger partial charge in [0, 0.05) is 8.95 Å².